The summed E-state index contributed by atoms with van der Waals surface area (Å²) in [6.07, 6.45) is 3.48. The molecule has 0 aliphatic heterocycles. The summed E-state index contributed by atoms with van der Waals surface area (Å²) in [5, 5.41) is 6.04. The Morgan fingerprint density at radius 1 is 1.24 bits per heavy atom. The molecule has 21 heavy (non-hydrogen) atoms. The van der Waals surface area contributed by atoms with E-state index >= 15 is 0 Å². The fourth-order valence-electron chi connectivity index (χ4n) is 1.86. The molecule has 1 aliphatic rings. The third kappa shape index (κ3) is 3.47. The lowest BCUT2D eigenvalue weighted by Gasteiger charge is -2.08. The van der Waals surface area contributed by atoms with Crippen molar-refractivity contribution >= 4 is 17.4 Å². The first-order chi connectivity index (χ1) is 10.2. The molecule has 3 rings (SSSR count). The van der Waals surface area contributed by atoms with Crippen molar-refractivity contribution in [1.29, 1.82) is 0 Å². The molecule has 2 N–H and O–H groups in total. The van der Waals surface area contributed by atoms with E-state index in [4.69, 9.17) is 4.74 Å². The van der Waals surface area contributed by atoms with Crippen molar-refractivity contribution in [3.05, 3.63) is 42.4 Å². The van der Waals surface area contributed by atoms with Gasteiger partial charge in [0.1, 0.15) is 23.6 Å². The average Bonchev–Trinajstić information content (AvgIpc) is 3.32. The molecule has 1 aromatic carbocycles. The molecule has 0 atom stereocenters. The van der Waals surface area contributed by atoms with Gasteiger partial charge in [0, 0.05) is 17.8 Å². The van der Waals surface area contributed by atoms with E-state index in [0.29, 0.717) is 17.6 Å². The number of aromatic nitrogens is 2. The van der Waals surface area contributed by atoms with E-state index in [1.165, 1.54) is 6.33 Å². The molecule has 1 fully saturated rings. The summed E-state index contributed by atoms with van der Waals surface area (Å²) in [5.41, 5.74) is 1.23. The summed E-state index contributed by atoms with van der Waals surface area (Å²) >= 11 is 0. The lowest BCUT2D eigenvalue weighted by atomic mass is 10.3. The monoisotopic (exact) mass is 284 g/mol. The van der Waals surface area contributed by atoms with Gasteiger partial charge in [0.15, 0.2) is 0 Å². The van der Waals surface area contributed by atoms with E-state index in [1.807, 2.05) is 24.3 Å². The van der Waals surface area contributed by atoms with Crippen LogP contribution in [0.3, 0.4) is 0 Å². The number of hydrogen-bond donors (Lipinski definition) is 2. The van der Waals surface area contributed by atoms with E-state index in [0.717, 1.165) is 24.3 Å². The number of hydrogen-bond acceptors (Lipinski definition) is 5. The van der Waals surface area contributed by atoms with Crippen LogP contribution < -0.4 is 15.4 Å². The van der Waals surface area contributed by atoms with Crippen LogP contribution in [0.25, 0.3) is 0 Å². The third-order valence-corrected chi connectivity index (χ3v) is 3.17. The van der Waals surface area contributed by atoms with Crippen LogP contribution >= 0.6 is 0 Å². The summed E-state index contributed by atoms with van der Waals surface area (Å²) in [4.78, 5) is 20.1. The lowest BCUT2D eigenvalue weighted by molar-refractivity contribution is 0.0946. The molecule has 6 nitrogen and oxygen atoms in total. The first-order valence-electron chi connectivity index (χ1n) is 6.78. The fraction of sp³-hybridized carbons (Fsp3) is 0.267. The molecule has 0 radical (unpaired) electrons. The van der Waals surface area contributed by atoms with Crippen molar-refractivity contribution < 1.29 is 9.53 Å². The number of rotatable bonds is 5. The van der Waals surface area contributed by atoms with Crippen molar-refractivity contribution in [3.8, 4) is 5.75 Å². The van der Waals surface area contributed by atoms with Crippen LogP contribution in [-0.2, 0) is 0 Å². The summed E-state index contributed by atoms with van der Waals surface area (Å²) in [5.74, 6) is 1.21. The highest BCUT2D eigenvalue weighted by Crippen LogP contribution is 2.20. The van der Waals surface area contributed by atoms with Gasteiger partial charge in [-0.15, -0.1) is 0 Å². The Labute approximate surface area is 122 Å². The molecule has 1 heterocycles. The first-order valence-corrected chi connectivity index (χ1v) is 6.78. The molecule has 2 aromatic rings. The van der Waals surface area contributed by atoms with E-state index in [2.05, 4.69) is 20.6 Å². The van der Waals surface area contributed by atoms with Crippen LogP contribution in [0.5, 0.6) is 5.75 Å². The largest absolute Gasteiger partial charge is 0.497 e. The van der Waals surface area contributed by atoms with Gasteiger partial charge in [0.2, 0.25) is 0 Å². The summed E-state index contributed by atoms with van der Waals surface area (Å²) < 4.78 is 5.11. The predicted octanol–water partition coefficient (Wildman–Crippen LogP) is 2.12. The molecule has 1 aliphatic carbocycles. The first kappa shape index (κ1) is 13.4. The quantitative estimate of drug-likeness (QED) is 0.879. The highest BCUT2D eigenvalue weighted by molar-refractivity contribution is 5.93. The van der Waals surface area contributed by atoms with Gasteiger partial charge < -0.3 is 15.4 Å². The SMILES string of the molecule is COc1ccc(Nc2cc(C(=O)NC3CC3)ncn2)cc1. The molecule has 1 aromatic heterocycles. The zero-order valence-corrected chi connectivity index (χ0v) is 11.7. The Kier molecular flexibility index (Phi) is 3.68. The van der Waals surface area contributed by atoms with Crippen LogP contribution in [0.15, 0.2) is 36.7 Å². The molecule has 0 saturated heterocycles. The predicted molar refractivity (Wildman–Crippen MR) is 78.8 cm³/mol. The topological polar surface area (TPSA) is 76.1 Å². The molecule has 1 amide bonds. The molecular formula is C15H16N4O2. The van der Waals surface area contributed by atoms with Gasteiger partial charge in [-0.05, 0) is 37.1 Å². The molecule has 0 unspecified atom stereocenters. The second-order valence-corrected chi connectivity index (χ2v) is 4.89. The summed E-state index contributed by atoms with van der Waals surface area (Å²) in [6.45, 7) is 0. The van der Waals surface area contributed by atoms with Crippen molar-refractivity contribution in [3.63, 3.8) is 0 Å². The maximum atomic E-state index is 11.9. The van der Waals surface area contributed by atoms with Crippen molar-refractivity contribution in [2.24, 2.45) is 0 Å². The second-order valence-electron chi connectivity index (χ2n) is 4.89. The minimum absolute atomic E-state index is 0.155. The van der Waals surface area contributed by atoms with Gasteiger partial charge >= 0.3 is 0 Å². The van der Waals surface area contributed by atoms with Crippen molar-refractivity contribution in [2.75, 3.05) is 12.4 Å². The average molecular weight is 284 g/mol. The number of nitrogens with zero attached hydrogens (tertiary/aromatic N) is 2. The molecule has 0 spiro atoms. The maximum absolute atomic E-state index is 11.9. The van der Waals surface area contributed by atoms with Crippen molar-refractivity contribution in [1.82, 2.24) is 15.3 Å². The number of carbonyl (C=O) groups is 1. The Bertz CT molecular complexity index is 638. The number of benzene rings is 1. The number of carbonyl (C=O) groups excluding carboxylic acids is 1. The normalized spacial score (nSPS) is 13.6. The fourth-order valence-corrected chi connectivity index (χ4v) is 1.86. The number of ether oxygens (including phenoxy) is 1. The Morgan fingerprint density at radius 2 is 2.00 bits per heavy atom. The molecule has 0 bridgehead atoms. The second kappa shape index (κ2) is 5.78. The minimum atomic E-state index is -0.155. The van der Waals surface area contributed by atoms with Crippen LogP contribution in [0.2, 0.25) is 0 Å². The van der Waals surface area contributed by atoms with Crippen molar-refractivity contribution in [2.45, 2.75) is 18.9 Å². The van der Waals surface area contributed by atoms with E-state index in [1.54, 1.807) is 13.2 Å². The third-order valence-electron chi connectivity index (χ3n) is 3.17. The van der Waals surface area contributed by atoms with Gasteiger partial charge in [-0.25, -0.2) is 9.97 Å². The Morgan fingerprint density at radius 3 is 2.67 bits per heavy atom. The van der Waals surface area contributed by atoms with Gasteiger partial charge in [0.05, 0.1) is 7.11 Å². The van der Waals surface area contributed by atoms with Crippen LogP contribution in [0.4, 0.5) is 11.5 Å². The number of anilines is 2. The van der Waals surface area contributed by atoms with Gasteiger partial charge in [-0.3, -0.25) is 4.79 Å². The number of methoxy groups -OCH3 is 1. The Hall–Kier alpha value is -2.63. The van der Waals surface area contributed by atoms with Gasteiger partial charge in [0.25, 0.3) is 5.91 Å². The molecule has 6 heteroatoms. The van der Waals surface area contributed by atoms with Gasteiger partial charge in [-0.1, -0.05) is 0 Å². The van der Waals surface area contributed by atoms with E-state index < -0.39 is 0 Å². The highest BCUT2D eigenvalue weighted by atomic mass is 16.5. The minimum Gasteiger partial charge on any atom is -0.497 e. The number of nitrogens with one attached hydrogen (secondary N) is 2. The van der Waals surface area contributed by atoms with Gasteiger partial charge in [-0.2, -0.15) is 0 Å². The smallest absolute Gasteiger partial charge is 0.270 e. The molecule has 108 valence electrons. The zero-order chi connectivity index (χ0) is 14.7. The Balaban J connectivity index is 1.70. The van der Waals surface area contributed by atoms with Crippen LogP contribution in [-0.4, -0.2) is 29.0 Å². The van der Waals surface area contributed by atoms with Crippen LogP contribution in [0, 0.1) is 0 Å². The standard InChI is InChI=1S/C15H16N4O2/c1-21-12-6-4-10(5-7-12)18-14-8-13(16-9-17-14)15(20)19-11-2-3-11/h4-9,11H,2-3H2,1H3,(H,19,20)(H,16,17,18). The highest BCUT2D eigenvalue weighted by Gasteiger charge is 2.24. The summed E-state index contributed by atoms with van der Waals surface area (Å²) in [7, 11) is 1.62. The summed E-state index contributed by atoms with van der Waals surface area (Å²) in [6, 6.07) is 9.41. The van der Waals surface area contributed by atoms with Crippen LogP contribution in [0.1, 0.15) is 23.3 Å². The van der Waals surface area contributed by atoms with E-state index in [-0.39, 0.29) is 5.91 Å². The maximum Gasteiger partial charge on any atom is 0.270 e. The van der Waals surface area contributed by atoms with E-state index in [9.17, 15) is 4.79 Å². The lowest BCUT2D eigenvalue weighted by Crippen LogP contribution is -2.26. The molecular weight excluding hydrogens is 268 g/mol. The number of amides is 1. The zero-order valence-electron chi connectivity index (χ0n) is 11.7. The molecule has 1 saturated carbocycles.